The van der Waals surface area contributed by atoms with E-state index in [-0.39, 0.29) is 0 Å². The van der Waals surface area contributed by atoms with Gasteiger partial charge >= 0.3 is 0 Å². The summed E-state index contributed by atoms with van der Waals surface area (Å²) in [5.41, 5.74) is 0.975. The van der Waals surface area contributed by atoms with E-state index in [0.29, 0.717) is 11.1 Å². The zero-order chi connectivity index (χ0) is 9.14. The molecule has 0 saturated heterocycles. The Labute approximate surface area is 78.0 Å². The van der Waals surface area contributed by atoms with Crippen LogP contribution in [0, 0.1) is 6.92 Å². The first-order valence-electron chi connectivity index (χ1n) is 3.99. The number of aryl methyl sites for hydroxylation is 1. The number of nitrogens with one attached hydrogen (secondary N) is 1. The van der Waals surface area contributed by atoms with Crippen molar-refractivity contribution in [3.8, 4) is 0 Å². The Morgan fingerprint density at radius 1 is 1.42 bits per heavy atom. The van der Waals surface area contributed by atoms with Crippen LogP contribution in [0.1, 0.15) is 19.5 Å². The summed E-state index contributed by atoms with van der Waals surface area (Å²) in [6.07, 6.45) is 0. The molecule has 0 radical (unpaired) electrons. The van der Waals surface area contributed by atoms with Crippen LogP contribution in [0.5, 0.6) is 0 Å². The van der Waals surface area contributed by atoms with Crippen molar-refractivity contribution < 1.29 is 0 Å². The van der Waals surface area contributed by atoms with Crippen molar-refractivity contribution in [2.24, 2.45) is 0 Å². The maximum atomic E-state index is 5.92. The molecular weight excluding hydrogens is 172 g/mol. The van der Waals surface area contributed by atoms with E-state index in [9.17, 15) is 0 Å². The molecule has 0 bridgehead atoms. The average Bonchev–Trinajstić information content (AvgIpc) is 1.96. The minimum absolute atomic E-state index is 0.358. The van der Waals surface area contributed by atoms with Gasteiger partial charge in [0.1, 0.15) is 5.82 Å². The van der Waals surface area contributed by atoms with Gasteiger partial charge in [-0.3, -0.25) is 0 Å². The number of rotatable bonds is 2. The Morgan fingerprint density at radius 2 is 2.08 bits per heavy atom. The summed E-state index contributed by atoms with van der Waals surface area (Å²) in [7, 11) is 0. The van der Waals surface area contributed by atoms with E-state index >= 15 is 0 Å². The number of hydrogen-bond acceptors (Lipinski definition) is 2. The molecule has 3 heteroatoms. The van der Waals surface area contributed by atoms with Gasteiger partial charge in [0.15, 0.2) is 0 Å². The molecule has 1 aromatic heterocycles. The van der Waals surface area contributed by atoms with E-state index in [1.807, 2.05) is 19.1 Å². The fourth-order valence-electron chi connectivity index (χ4n) is 0.914. The fraction of sp³-hybridized carbons (Fsp3) is 0.444. The summed E-state index contributed by atoms with van der Waals surface area (Å²) in [6.45, 7) is 6.06. The lowest BCUT2D eigenvalue weighted by molar-refractivity contribution is 0.887. The highest BCUT2D eigenvalue weighted by molar-refractivity contribution is 6.32. The van der Waals surface area contributed by atoms with Gasteiger partial charge in [-0.25, -0.2) is 4.98 Å². The molecule has 66 valence electrons. The zero-order valence-electron chi connectivity index (χ0n) is 7.56. The average molecular weight is 185 g/mol. The normalized spacial score (nSPS) is 10.4. The van der Waals surface area contributed by atoms with Crippen molar-refractivity contribution in [3.63, 3.8) is 0 Å². The van der Waals surface area contributed by atoms with Gasteiger partial charge in [-0.15, -0.1) is 0 Å². The molecule has 1 rings (SSSR count). The second-order valence-corrected chi connectivity index (χ2v) is 3.49. The highest BCUT2D eigenvalue weighted by atomic mass is 35.5. The highest BCUT2D eigenvalue weighted by Gasteiger charge is 2.02. The summed E-state index contributed by atoms with van der Waals surface area (Å²) >= 11 is 5.92. The van der Waals surface area contributed by atoms with Crippen LogP contribution in [0.2, 0.25) is 5.02 Å². The summed E-state index contributed by atoms with van der Waals surface area (Å²) in [6, 6.07) is 4.11. The molecule has 0 spiro atoms. The van der Waals surface area contributed by atoms with E-state index in [1.54, 1.807) is 0 Å². The number of anilines is 1. The number of aromatic nitrogens is 1. The van der Waals surface area contributed by atoms with Crippen molar-refractivity contribution in [3.05, 3.63) is 22.8 Å². The molecular formula is C9H13ClN2. The Hall–Kier alpha value is -0.760. The molecule has 12 heavy (non-hydrogen) atoms. The van der Waals surface area contributed by atoms with E-state index in [2.05, 4.69) is 24.1 Å². The smallest absolute Gasteiger partial charge is 0.145 e. The summed E-state index contributed by atoms with van der Waals surface area (Å²) < 4.78 is 0. The van der Waals surface area contributed by atoms with Crippen molar-refractivity contribution in [2.45, 2.75) is 26.8 Å². The third-order valence-electron chi connectivity index (χ3n) is 1.41. The predicted octanol–water partition coefficient (Wildman–Crippen LogP) is 2.86. The molecule has 1 N–H and O–H groups in total. The quantitative estimate of drug-likeness (QED) is 0.765. The van der Waals surface area contributed by atoms with Crippen LogP contribution < -0.4 is 5.32 Å². The molecule has 0 aromatic carbocycles. The lowest BCUT2D eigenvalue weighted by atomic mass is 10.3. The summed E-state index contributed by atoms with van der Waals surface area (Å²) in [5, 5.41) is 3.85. The maximum Gasteiger partial charge on any atom is 0.145 e. The second-order valence-electron chi connectivity index (χ2n) is 3.08. The first-order chi connectivity index (χ1) is 5.59. The number of halogens is 1. The Kier molecular flexibility index (Phi) is 2.93. The standard InChI is InChI=1S/C9H13ClN2/c1-6(2)11-9-8(10)5-4-7(3)12-9/h4-6H,1-3H3,(H,11,12). The van der Waals surface area contributed by atoms with Gasteiger partial charge < -0.3 is 5.32 Å². The monoisotopic (exact) mass is 184 g/mol. The zero-order valence-corrected chi connectivity index (χ0v) is 8.31. The van der Waals surface area contributed by atoms with Crippen molar-refractivity contribution in [2.75, 3.05) is 5.32 Å². The second kappa shape index (κ2) is 3.76. The van der Waals surface area contributed by atoms with Crippen LogP contribution in [0.25, 0.3) is 0 Å². The van der Waals surface area contributed by atoms with Gasteiger partial charge in [-0.2, -0.15) is 0 Å². The van der Waals surface area contributed by atoms with E-state index in [0.717, 1.165) is 11.5 Å². The van der Waals surface area contributed by atoms with E-state index < -0.39 is 0 Å². The largest absolute Gasteiger partial charge is 0.367 e. The van der Waals surface area contributed by atoms with Crippen LogP contribution in [0.15, 0.2) is 12.1 Å². The molecule has 0 aliphatic carbocycles. The van der Waals surface area contributed by atoms with Crippen molar-refractivity contribution >= 4 is 17.4 Å². The van der Waals surface area contributed by atoms with Gasteiger partial charge in [-0.1, -0.05) is 11.6 Å². The van der Waals surface area contributed by atoms with Crippen LogP contribution in [-0.2, 0) is 0 Å². The van der Waals surface area contributed by atoms with Crippen LogP contribution in [0.3, 0.4) is 0 Å². The summed E-state index contributed by atoms with van der Waals surface area (Å²) in [5.74, 6) is 0.770. The van der Waals surface area contributed by atoms with Crippen molar-refractivity contribution in [1.82, 2.24) is 4.98 Å². The Morgan fingerprint density at radius 3 is 2.67 bits per heavy atom. The fourth-order valence-corrected chi connectivity index (χ4v) is 1.07. The maximum absolute atomic E-state index is 5.92. The molecule has 0 fully saturated rings. The molecule has 0 unspecified atom stereocenters. The molecule has 0 atom stereocenters. The number of pyridine rings is 1. The first kappa shape index (κ1) is 9.33. The number of hydrogen-bond donors (Lipinski definition) is 1. The molecule has 0 saturated carbocycles. The van der Waals surface area contributed by atoms with Gasteiger partial charge in [-0.05, 0) is 32.9 Å². The Bertz CT molecular complexity index is 271. The topological polar surface area (TPSA) is 24.9 Å². The van der Waals surface area contributed by atoms with Crippen LogP contribution in [0.4, 0.5) is 5.82 Å². The van der Waals surface area contributed by atoms with Crippen LogP contribution >= 0.6 is 11.6 Å². The lowest BCUT2D eigenvalue weighted by Crippen LogP contribution is -2.11. The molecule has 0 amide bonds. The Balaban J connectivity index is 2.90. The van der Waals surface area contributed by atoms with Crippen LogP contribution in [-0.4, -0.2) is 11.0 Å². The SMILES string of the molecule is Cc1ccc(Cl)c(NC(C)C)n1. The predicted molar refractivity (Wildman–Crippen MR) is 52.7 cm³/mol. The van der Waals surface area contributed by atoms with Crippen molar-refractivity contribution in [1.29, 1.82) is 0 Å². The molecule has 1 heterocycles. The third-order valence-corrected chi connectivity index (χ3v) is 1.72. The van der Waals surface area contributed by atoms with Gasteiger partial charge in [0.2, 0.25) is 0 Å². The van der Waals surface area contributed by atoms with Gasteiger partial charge in [0, 0.05) is 11.7 Å². The minimum Gasteiger partial charge on any atom is -0.367 e. The lowest BCUT2D eigenvalue weighted by Gasteiger charge is -2.10. The minimum atomic E-state index is 0.358. The summed E-state index contributed by atoms with van der Waals surface area (Å²) in [4.78, 5) is 4.27. The molecule has 0 aliphatic rings. The van der Waals surface area contributed by atoms with Gasteiger partial charge in [0.05, 0.1) is 5.02 Å². The third kappa shape index (κ3) is 2.38. The molecule has 0 aliphatic heterocycles. The highest BCUT2D eigenvalue weighted by Crippen LogP contribution is 2.19. The molecule has 1 aromatic rings. The first-order valence-corrected chi connectivity index (χ1v) is 4.37. The van der Waals surface area contributed by atoms with E-state index in [1.165, 1.54) is 0 Å². The van der Waals surface area contributed by atoms with Gasteiger partial charge in [0.25, 0.3) is 0 Å². The molecule has 2 nitrogen and oxygen atoms in total. The van der Waals surface area contributed by atoms with E-state index in [4.69, 9.17) is 11.6 Å². The number of nitrogens with zero attached hydrogens (tertiary/aromatic N) is 1.